The largest absolute Gasteiger partial charge is 0.397 e. The number of aromatic nitrogens is 3. The van der Waals surface area contributed by atoms with Gasteiger partial charge in [0.05, 0.1) is 23.8 Å². The Labute approximate surface area is 105 Å². The quantitative estimate of drug-likeness (QED) is 0.743. The van der Waals surface area contributed by atoms with Gasteiger partial charge in [0.15, 0.2) is 0 Å². The Morgan fingerprint density at radius 3 is 2.56 bits per heavy atom. The Bertz CT molecular complexity index is 658. The molecule has 2 N–H and O–H groups in total. The van der Waals surface area contributed by atoms with E-state index in [9.17, 15) is 0 Å². The molecule has 4 heteroatoms. The average molecular weight is 236 g/mol. The van der Waals surface area contributed by atoms with Crippen molar-refractivity contribution in [3.05, 3.63) is 61.2 Å². The van der Waals surface area contributed by atoms with Crippen LogP contribution in [0.5, 0.6) is 0 Å². The molecule has 0 bridgehead atoms. The Kier molecular flexibility index (Phi) is 2.53. The molecule has 2 aromatic heterocycles. The lowest BCUT2D eigenvalue weighted by Crippen LogP contribution is -1.96. The molecule has 0 radical (unpaired) electrons. The van der Waals surface area contributed by atoms with Crippen LogP contribution in [0.1, 0.15) is 0 Å². The molecule has 0 amide bonds. The zero-order chi connectivity index (χ0) is 12.4. The molecule has 3 rings (SSSR count). The van der Waals surface area contributed by atoms with Crippen LogP contribution < -0.4 is 5.73 Å². The van der Waals surface area contributed by atoms with Crippen LogP contribution in [0.2, 0.25) is 0 Å². The second-order valence-corrected chi connectivity index (χ2v) is 4.02. The zero-order valence-corrected chi connectivity index (χ0v) is 9.69. The first-order chi connectivity index (χ1) is 8.83. The number of hydrogen-bond donors (Lipinski definition) is 1. The van der Waals surface area contributed by atoms with Gasteiger partial charge in [0, 0.05) is 18.0 Å². The Morgan fingerprint density at radius 2 is 1.78 bits per heavy atom. The molecular weight excluding hydrogens is 224 g/mol. The molecule has 0 fully saturated rings. The van der Waals surface area contributed by atoms with Crippen LogP contribution in [-0.2, 0) is 0 Å². The third-order valence-electron chi connectivity index (χ3n) is 2.70. The van der Waals surface area contributed by atoms with Crippen LogP contribution >= 0.6 is 0 Å². The van der Waals surface area contributed by atoms with E-state index in [1.54, 1.807) is 17.1 Å². The summed E-state index contributed by atoms with van der Waals surface area (Å²) in [6.07, 6.45) is 7.15. The summed E-state index contributed by atoms with van der Waals surface area (Å²) in [6, 6.07) is 12.0. The molecule has 0 aliphatic heterocycles. The van der Waals surface area contributed by atoms with Crippen LogP contribution in [0.25, 0.3) is 16.8 Å². The van der Waals surface area contributed by atoms with Gasteiger partial charge in [-0.25, -0.2) is 4.68 Å². The molecule has 0 saturated heterocycles. The average Bonchev–Trinajstić information content (AvgIpc) is 2.89. The van der Waals surface area contributed by atoms with Gasteiger partial charge in [0.25, 0.3) is 0 Å². The van der Waals surface area contributed by atoms with E-state index in [1.807, 2.05) is 36.7 Å². The monoisotopic (exact) mass is 236 g/mol. The van der Waals surface area contributed by atoms with E-state index in [0.717, 1.165) is 16.8 Å². The van der Waals surface area contributed by atoms with E-state index in [1.165, 1.54) is 0 Å². The lowest BCUT2D eigenvalue weighted by atomic mass is 10.1. The van der Waals surface area contributed by atoms with Crippen molar-refractivity contribution in [2.45, 2.75) is 0 Å². The van der Waals surface area contributed by atoms with Crippen LogP contribution in [-0.4, -0.2) is 14.8 Å². The minimum atomic E-state index is 0.629. The molecule has 0 spiro atoms. The fourth-order valence-corrected chi connectivity index (χ4v) is 1.81. The van der Waals surface area contributed by atoms with Crippen molar-refractivity contribution in [3.63, 3.8) is 0 Å². The highest BCUT2D eigenvalue weighted by Crippen LogP contribution is 2.19. The van der Waals surface area contributed by atoms with E-state index in [0.29, 0.717) is 5.69 Å². The number of nitrogens with zero attached hydrogens (tertiary/aromatic N) is 3. The maximum Gasteiger partial charge on any atom is 0.0849 e. The summed E-state index contributed by atoms with van der Waals surface area (Å²) in [4.78, 5) is 4.06. The van der Waals surface area contributed by atoms with Crippen LogP contribution in [0, 0.1) is 0 Å². The first-order valence-electron chi connectivity index (χ1n) is 5.64. The SMILES string of the molecule is Nc1cncc(-n2cc(-c3ccccc3)cn2)c1. The topological polar surface area (TPSA) is 56.7 Å². The summed E-state index contributed by atoms with van der Waals surface area (Å²) in [5.74, 6) is 0. The molecule has 1 aromatic carbocycles. The smallest absolute Gasteiger partial charge is 0.0849 e. The van der Waals surface area contributed by atoms with Crippen molar-refractivity contribution in [2.75, 3.05) is 5.73 Å². The number of nitrogen functional groups attached to an aromatic ring is 1. The molecule has 0 saturated carbocycles. The fraction of sp³-hybridized carbons (Fsp3) is 0. The summed E-state index contributed by atoms with van der Waals surface area (Å²) >= 11 is 0. The Morgan fingerprint density at radius 1 is 0.944 bits per heavy atom. The van der Waals surface area contributed by atoms with E-state index in [4.69, 9.17) is 5.73 Å². The molecule has 0 atom stereocenters. The van der Waals surface area contributed by atoms with Crippen LogP contribution in [0.4, 0.5) is 5.69 Å². The summed E-state index contributed by atoms with van der Waals surface area (Å²) in [7, 11) is 0. The number of anilines is 1. The molecule has 4 nitrogen and oxygen atoms in total. The maximum atomic E-state index is 5.71. The lowest BCUT2D eigenvalue weighted by molar-refractivity contribution is 0.874. The van der Waals surface area contributed by atoms with Crippen molar-refractivity contribution >= 4 is 5.69 Å². The summed E-state index contributed by atoms with van der Waals surface area (Å²) in [5.41, 5.74) is 9.40. The normalized spacial score (nSPS) is 10.4. The predicted octanol–water partition coefficient (Wildman–Crippen LogP) is 2.52. The number of benzene rings is 1. The summed E-state index contributed by atoms with van der Waals surface area (Å²) in [6.45, 7) is 0. The van der Waals surface area contributed by atoms with Gasteiger partial charge >= 0.3 is 0 Å². The fourth-order valence-electron chi connectivity index (χ4n) is 1.81. The summed E-state index contributed by atoms with van der Waals surface area (Å²) in [5, 5.41) is 4.33. The Balaban J connectivity index is 2.00. The second kappa shape index (κ2) is 4.33. The minimum Gasteiger partial charge on any atom is -0.397 e. The minimum absolute atomic E-state index is 0.629. The molecule has 18 heavy (non-hydrogen) atoms. The number of rotatable bonds is 2. The van der Waals surface area contributed by atoms with Crippen LogP contribution in [0.15, 0.2) is 61.2 Å². The van der Waals surface area contributed by atoms with Gasteiger partial charge < -0.3 is 5.73 Å². The second-order valence-electron chi connectivity index (χ2n) is 4.02. The molecule has 0 aliphatic rings. The van der Waals surface area contributed by atoms with Gasteiger partial charge in [-0.15, -0.1) is 0 Å². The van der Waals surface area contributed by atoms with Gasteiger partial charge in [0.2, 0.25) is 0 Å². The molecule has 88 valence electrons. The molecule has 0 aliphatic carbocycles. The lowest BCUT2D eigenvalue weighted by Gasteiger charge is -2.01. The molecule has 2 heterocycles. The standard InChI is InChI=1S/C14H12N4/c15-13-6-14(9-16-8-13)18-10-12(7-17-18)11-4-2-1-3-5-11/h1-10H,15H2. The van der Waals surface area contributed by atoms with Crippen molar-refractivity contribution < 1.29 is 0 Å². The van der Waals surface area contributed by atoms with Crippen LogP contribution in [0.3, 0.4) is 0 Å². The number of hydrogen-bond acceptors (Lipinski definition) is 3. The van der Waals surface area contributed by atoms with Crippen molar-refractivity contribution in [1.82, 2.24) is 14.8 Å². The molecular formula is C14H12N4. The Hall–Kier alpha value is -2.62. The van der Waals surface area contributed by atoms with E-state index in [-0.39, 0.29) is 0 Å². The van der Waals surface area contributed by atoms with Gasteiger partial charge in [-0.3, -0.25) is 4.98 Å². The number of pyridine rings is 1. The van der Waals surface area contributed by atoms with Gasteiger partial charge in [-0.2, -0.15) is 5.10 Å². The van der Waals surface area contributed by atoms with Gasteiger partial charge in [-0.05, 0) is 11.6 Å². The van der Waals surface area contributed by atoms with Gasteiger partial charge in [-0.1, -0.05) is 30.3 Å². The summed E-state index contributed by atoms with van der Waals surface area (Å²) < 4.78 is 1.77. The zero-order valence-electron chi connectivity index (χ0n) is 9.69. The maximum absolute atomic E-state index is 5.71. The first kappa shape index (κ1) is 10.5. The third kappa shape index (κ3) is 1.96. The molecule has 3 aromatic rings. The first-order valence-corrected chi connectivity index (χ1v) is 5.64. The highest BCUT2D eigenvalue weighted by molar-refractivity contribution is 5.62. The van der Waals surface area contributed by atoms with E-state index >= 15 is 0 Å². The van der Waals surface area contributed by atoms with Crippen molar-refractivity contribution in [2.24, 2.45) is 0 Å². The van der Waals surface area contributed by atoms with Crippen molar-refractivity contribution in [3.8, 4) is 16.8 Å². The van der Waals surface area contributed by atoms with E-state index < -0.39 is 0 Å². The third-order valence-corrected chi connectivity index (χ3v) is 2.70. The highest BCUT2D eigenvalue weighted by atomic mass is 15.3. The van der Waals surface area contributed by atoms with Gasteiger partial charge in [0.1, 0.15) is 0 Å². The van der Waals surface area contributed by atoms with Crippen molar-refractivity contribution in [1.29, 1.82) is 0 Å². The molecule has 0 unspecified atom stereocenters. The predicted molar refractivity (Wildman–Crippen MR) is 71.2 cm³/mol. The number of nitrogens with two attached hydrogens (primary N) is 1. The van der Waals surface area contributed by atoms with E-state index in [2.05, 4.69) is 22.2 Å². The highest BCUT2D eigenvalue weighted by Gasteiger charge is 2.03.